The van der Waals surface area contributed by atoms with Gasteiger partial charge in [-0.1, -0.05) is 43.9 Å². The smallest absolute Gasteiger partial charge is 0.356 e. The van der Waals surface area contributed by atoms with Gasteiger partial charge in [0.2, 0.25) is 0 Å². The first-order chi connectivity index (χ1) is 11.8. The van der Waals surface area contributed by atoms with E-state index in [2.05, 4.69) is 18.2 Å². The highest BCUT2D eigenvalue weighted by Crippen LogP contribution is 2.41. The Hall–Kier alpha value is -1.90. The molecule has 2 aromatic rings. The van der Waals surface area contributed by atoms with Crippen LogP contribution in [0.1, 0.15) is 84.8 Å². The number of nitrogens with zero attached hydrogens (tertiary/aromatic N) is 1. The van der Waals surface area contributed by atoms with E-state index in [1.807, 2.05) is 6.07 Å². The number of hydrogen-bond donors (Lipinski definition) is 0. The minimum atomic E-state index is -0.322. The van der Waals surface area contributed by atoms with E-state index in [-0.39, 0.29) is 5.97 Å². The van der Waals surface area contributed by atoms with Crippen molar-refractivity contribution in [2.75, 3.05) is 7.11 Å². The van der Waals surface area contributed by atoms with Crippen molar-refractivity contribution in [2.45, 2.75) is 63.2 Å². The highest BCUT2D eigenvalue weighted by atomic mass is 16.5. The van der Waals surface area contributed by atoms with Crippen LogP contribution in [0.2, 0.25) is 0 Å². The minimum absolute atomic E-state index is 0.322. The molecular weight excluding hydrogens is 298 g/mol. The third-order valence-electron chi connectivity index (χ3n) is 5.89. The van der Waals surface area contributed by atoms with E-state index in [1.165, 1.54) is 75.0 Å². The second kappa shape index (κ2) is 6.54. The van der Waals surface area contributed by atoms with Gasteiger partial charge >= 0.3 is 5.97 Å². The molecule has 0 unspecified atom stereocenters. The van der Waals surface area contributed by atoms with Gasteiger partial charge in [0.15, 0.2) is 0 Å². The van der Waals surface area contributed by atoms with Crippen LogP contribution in [-0.4, -0.2) is 18.1 Å². The molecule has 0 N–H and O–H groups in total. The normalized spacial score (nSPS) is 19.2. The summed E-state index contributed by atoms with van der Waals surface area (Å²) >= 11 is 0. The first-order valence-electron chi connectivity index (χ1n) is 9.30. The number of esters is 1. The van der Waals surface area contributed by atoms with Crippen LogP contribution in [-0.2, 0) is 4.74 Å². The molecule has 2 aliphatic carbocycles. The van der Waals surface area contributed by atoms with Crippen LogP contribution in [0.25, 0.3) is 10.9 Å². The van der Waals surface area contributed by atoms with Gasteiger partial charge in [0, 0.05) is 5.39 Å². The Morgan fingerprint density at radius 2 is 1.62 bits per heavy atom. The molecule has 2 saturated carbocycles. The minimum Gasteiger partial charge on any atom is -0.464 e. The van der Waals surface area contributed by atoms with Gasteiger partial charge in [-0.05, 0) is 54.7 Å². The Kier molecular flexibility index (Phi) is 4.26. The van der Waals surface area contributed by atoms with Crippen LogP contribution < -0.4 is 0 Å². The second-order valence-corrected chi connectivity index (χ2v) is 7.29. The zero-order valence-corrected chi connectivity index (χ0v) is 14.4. The number of hydrogen-bond acceptors (Lipinski definition) is 3. The third-order valence-corrected chi connectivity index (χ3v) is 5.89. The fraction of sp³-hybridized carbons (Fsp3) is 0.524. The molecule has 4 rings (SSSR count). The molecule has 2 aliphatic rings. The first-order valence-corrected chi connectivity index (χ1v) is 9.30. The molecule has 126 valence electrons. The van der Waals surface area contributed by atoms with Crippen molar-refractivity contribution >= 4 is 16.9 Å². The topological polar surface area (TPSA) is 39.2 Å². The zero-order chi connectivity index (χ0) is 16.5. The number of methoxy groups -OCH3 is 1. The number of ether oxygens (including phenoxy) is 1. The molecule has 1 aromatic heterocycles. The van der Waals surface area contributed by atoms with Crippen molar-refractivity contribution in [3.8, 4) is 0 Å². The van der Waals surface area contributed by atoms with Crippen LogP contribution in [0.15, 0.2) is 24.3 Å². The van der Waals surface area contributed by atoms with Crippen molar-refractivity contribution in [1.82, 2.24) is 4.98 Å². The van der Waals surface area contributed by atoms with Gasteiger partial charge in [0.25, 0.3) is 0 Å². The summed E-state index contributed by atoms with van der Waals surface area (Å²) in [4.78, 5) is 16.9. The quantitative estimate of drug-likeness (QED) is 0.716. The molecule has 3 heteroatoms. The lowest BCUT2D eigenvalue weighted by Crippen LogP contribution is -2.09. The molecule has 0 spiro atoms. The maximum absolute atomic E-state index is 12.2. The highest BCUT2D eigenvalue weighted by Gasteiger charge is 2.25. The molecule has 0 saturated heterocycles. The molecule has 1 aromatic carbocycles. The lowest BCUT2D eigenvalue weighted by atomic mass is 9.89. The lowest BCUT2D eigenvalue weighted by molar-refractivity contribution is 0.0594. The molecule has 1 heterocycles. The van der Waals surface area contributed by atoms with Crippen LogP contribution >= 0.6 is 0 Å². The summed E-state index contributed by atoms with van der Waals surface area (Å²) in [5, 5.41) is 1.25. The Morgan fingerprint density at radius 3 is 2.25 bits per heavy atom. The van der Waals surface area contributed by atoms with E-state index in [0.717, 1.165) is 5.52 Å². The van der Waals surface area contributed by atoms with Crippen molar-refractivity contribution in [1.29, 1.82) is 0 Å². The maximum Gasteiger partial charge on any atom is 0.356 e. The van der Waals surface area contributed by atoms with Gasteiger partial charge in [-0.15, -0.1) is 0 Å². The standard InChI is InChI=1S/C21H25NO2/c1-24-21(23)19-13-18(15-9-4-5-10-15)17-12-6-11-16(20(17)22-19)14-7-2-3-8-14/h6,11-15H,2-5,7-10H2,1H3. The van der Waals surface area contributed by atoms with E-state index >= 15 is 0 Å². The van der Waals surface area contributed by atoms with Gasteiger partial charge in [0.1, 0.15) is 5.69 Å². The number of carbonyl (C=O) groups is 1. The Morgan fingerprint density at radius 1 is 1.00 bits per heavy atom. The van der Waals surface area contributed by atoms with Gasteiger partial charge < -0.3 is 4.74 Å². The van der Waals surface area contributed by atoms with Crippen molar-refractivity contribution in [3.05, 3.63) is 41.1 Å². The van der Waals surface area contributed by atoms with Gasteiger partial charge in [0.05, 0.1) is 12.6 Å². The number of fused-ring (bicyclic) bond motifs is 1. The molecular formula is C21H25NO2. The molecule has 0 atom stereocenters. The van der Waals surface area contributed by atoms with E-state index in [1.54, 1.807) is 0 Å². The van der Waals surface area contributed by atoms with Crippen molar-refractivity contribution in [2.24, 2.45) is 0 Å². The van der Waals surface area contributed by atoms with Crippen LogP contribution in [0, 0.1) is 0 Å². The predicted molar refractivity (Wildman–Crippen MR) is 95.5 cm³/mol. The maximum atomic E-state index is 12.2. The average molecular weight is 323 g/mol. The van der Waals surface area contributed by atoms with E-state index in [9.17, 15) is 4.79 Å². The van der Waals surface area contributed by atoms with Gasteiger partial charge in [-0.2, -0.15) is 0 Å². The fourth-order valence-electron chi connectivity index (χ4n) is 4.65. The highest BCUT2D eigenvalue weighted by molar-refractivity contribution is 5.94. The van der Waals surface area contributed by atoms with Crippen molar-refractivity contribution < 1.29 is 9.53 Å². The number of carbonyl (C=O) groups excluding carboxylic acids is 1. The summed E-state index contributed by atoms with van der Waals surface area (Å²) in [5.74, 6) is 0.820. The number of para-hydroxylation sites is 1. The lowest BCUT2D eigenvalue weighted by Gasteiger charge is -2.18. The zero-order valence-electron chi connectivity index (χ0n) is 14.4. The van der Waals surface area contributed by atoms with E-state index in [0.29, 0.717) is 17.5 Å². The molecule has 0 aliphatic heterocycles. The SMILES string of the molecule is COC(=O)c1cc(C2CCCC2)c2cccc(C3CCCC3)c2n1. The van der Waals surface area contributed by atoms with Crippen LogP contribution in [0.3, 0.4) is 0 Å². The Bertz CT molecular complexity index is 756. The molecule has 24 heavy (non-hydrogen) atoms. The summed E-state index contributed by atoms with van der Waals surface area (Å²) in [6.45, 7) is 0. The molecule has 3 nitrogen and oxygen atoms in total. The number of aromatic nitrogens is 1. The number of pyridine rings is 1. The number of benzene rings is 1. The summed E-state index contributed by atoms with van der Waals surface area (Å²) in [5.41, 5.74) is 4.14. The monoisotopic (exact) mass is 323 g/mol. The first kappa shape index (κ1) is 15.6. The van der Waals surface area contributed by atoms with E-state index < -0.39 is 0 Å². The Labute approximate surface area is 143 Å². The molecule has 0 amide bonds. The van der Waals surface area contributed by atoms with Gasteiger partial charge in [-0.25, -0.2) is 9.78 Å². The van der Waals surface area contributed by atoms with E-state index in [4.69, 9.17) is 9.72 Å². The third kappa shape index (κ3) is 2.70. The van der Waals surface area contributed by atoms with Gasteiger partial charge in [-0.3, -0.25) is 0 Å². The molecule has 0 bridgehead atoms. The fourth-order valence-corrected chi connectivity index (χ4v) is 4.65. The summed E-state index contributed by atoms with van der Waals surface area (Å²) < 4.78 is 4.97. The largest absolute Gasteiger partial charge is 0.464 e. The van der Waals surface area contributed by atoms with Crippen molar-refractivity contribution in [3.63, 3.8) is 0 Å². The number of rotatable bonds is 3. The molecule has 2 fully saturated rings. The average Bonchev–Trinajstić information content (AvgIpc) is 3.33. The van der Waals surface area contributed by atoms with Crippen LogP contribution in [0.4, 0.5) is 0 Å². The second-order valence-electron chi connectivity index (χ2n) is 7.29. The molecule has 0 radical (unpaired) electrons. The Balaban J connectivity index is 1.92. The summed E-state index contributed by atoms with van der Waals surface area (Å²) in [6.07, 6.45) is 10.1. The summed E-state index contributed by atoms with van der Waals surface area (Å²) in [7, 11) is 1.44. The predicted octanol–water partition coefficient (Wildman–Crippen LogP) is 5.34. The summed E-state index contributed by atoms with van der Waals surface area (Å²) in [6, 6.07) is 8.57. The van der Waals surface area contributed by atoms with Crippen LogP contribution in [0.5, 0.6) is 0 Å².